The zero-order valence-electron chi connectivity index (χ0n) is 28.0. The number of benzene rings is 3. The first kappa shape index (κ1) is 35.6. The molecule has 0 unspecified atom stereocenters. The number of aromatic nitrogens is 2. The van der Waals surface area contributed by atoms with Crippen LogP contribution in [0.1, 0.15) is 34.0 Å². The average molecular weight is 703 g/mol. The van der Waals surface area contributed by atoms with Crippen molar-refractivity contribution >= 4 is 35.5 Å². The predicted molar refractivity (Wildman–Crippen MR) is 189 cm³/mol. The van der Waals surface area contributed by atoms with E-state index in [1.54, 1.807) is 29.6 Å². The van der Waals surface area contributed by atoms with Crippen LogP contribution in [0, 0.1) is 27.7 Å². The van der Waals surface area contributed by atoms with Crippen molar-refractivity contribution in [3.05, 3.63) is 94.7 Å². The van der Waals surface area contributed by atoms with Gasteiger partial charge in [0, 0.05) is 45.3 Å². The average Bonchev–Trinajstić information content (AvgIpc) is 3.65. The van der Waals surface area contributed by atoms with Crippen LogP contribution in [-0.2, 0) is 27.2 Å². The molecule has 0 radical (unpaired) electrons. The fourth-order valence-corrected chi connectivity index (χ4v) is 6.88. The first-order valence-corrected chi connectivity index (χ1v) is 17.6. The number of hydrogen-bond donors (Lipinski definition) is 1. The van der Waals surface area contributed by atoms with E-state index in [0.717, 1.165) is 79.3 Å². The minimum Gasteiger partial charge on any atom is -0.482 e. The summed E-state index contributed by atoms with van der Waals surface area (Å²) in [6.07, 6.45) is 1.46. The van der Waals surface area contributed by atoms with E-state index in [1.165, 1.54) is 7.11 Å². The van der Waals surface area contributed by atoms with Crippen molar-refractivity contribution in [2.45, 2.75) is 50.3 Å². The van der Waals surface area contributed by atoms with Gasteiger partial charge in [-0.25, -0.2) is 19.6 Å². The second kappa shape index (κ2) is 16.6. The van der Waals surface area contributed by atoms with Crippen LogP contribution in [0.3, 0.4) is 0 Å². The van der Waals surface area contributed by atoms with Crippen LogP contribution >= 0.6 is 23.5 Å². The van der Waals surface area contributed by atoms with Gasteiger partial charge in [-0.05, 0) is 93.4 Å². The molecule has 5 aromatic rings. The van der Waals surface area contributed by atoms with E-state index >= 15 is 0 Å². The number of oxazole rings is 2. The maximum absolute atomic E-state index is 11.4. The van der Waals surface area contributed by atoms with E-state index in [4.69, 9.17) is 33.4 Å². The van der Waals surface area contributed by atoms with Gasteiger partial charge in [0.2, 0.25) is 11.8 Å². The Kier molecular flexibility index (Phi) is 12.1. The third kappa shape index (κ3) is 9.70. The van der Waals surface area contributed by atoms with Crippen LogP contribution in [0.2, 0.25) is 0 Å². The number of carboxylic acid groups (broad SMARTS) is 1. The number of carboxylic acids is 1. The Balaban J connectivity index is 1.16. The number of esters is 1. The van der Waals surface area contributed by atoms with Crippen LogP contribution in [0.15, 0.2) is 79.3 Å². The molecule has 0 aliphatic carbocycles. The van der Waals surface area contributed by atoms with Gasteiger partial charge < -0.3 is 28.2 Å². The summed E-state index contributed by atoms with van der Waals surface area (Å²) < 4.78 is 27.7. The fourth-order valence-electron chi connectivity index (χ4n) is 4.97. The maximum Gasteiger partial charge on any atom is 0.343 e. The number of ether oxygens (including phenoxy) is 3. The second-order valence-corrected chi connectivity index (χ2v) is 13.6. The highest BCUT2D eigenvalue weighted by Crippen LogP contribution is 2.31. The van der Waals surface area contributed by atoms with Crippen molar-refractivity contribution in [1.82, 2.24) is 9.97 Å². The number of aliphatic carboxylic acids is 1. The third-order valence-corrected chi connectivity index (χ3v) is 9.57. The molecule has 0 saturated heterocycles. The summed E-state index contributed by atoms with van der Waals surface area (Å²) in [6.45, 7) is 7.23. The monoisotopic (exact) mass is 702 g/mol. The Morgan fingerprint density at radius 1 is 0.714 bits per heavy atom. The minimum atomic E-state index is -1.00. The maximum atomic E-state index is 11.4. The molecule has 1 N–H and O–H groups in total. The molecule has 2 aromatic heterocycles. The third-order valence-electron chi connectivity index (χ3n) is 7.57. The highest BCUT2D eigenvalue weighted by molar-refractivity contribution is 7.99. The fraction of sp³-hybridized carbons (Fsp3) is 0.297. The Morgan fingerprint density at radius 3 is 1.65 bits per heavy atom. The van der Waals surface area contributed by atoms with Crippen molar-refractivity contribution < 1.29 is 37.7 Å². The lowest BCUT2D eigenvalue weighted by atomic mass is 10.1. The summed E-state index contributed by atoms with van der Waals surface area (Å²) in [7, 11) is 1.34. The van der Waals surface area contributed by atoms with Gasteiger partial charge in [-0.3, -0.25) is 0 Å². The first-order valence-electron chi connectivity index (χ1n) is 15.6. The van der Waals surface area contributed by atoms with E-state index in [-0.39, 0.29) is 13.2 Å². The molecular formula is C37H38N2O8S2. The molecule has 5 rings (SSSR count). The number of methoxy groups -OCH3 is 1. The highest BCUT2D eigenvalue weighted by Gasteiger charge is 2.16. The lowest BCUT2D eigenvalue weighted by Crippen LogP contribution is -2.12. The SMILES string of the molecule is COC(=O)COc1ccc(SCCc2nc(-c3cccc(-c4nc(CCSc5ccc(OCC(=O)O)c(C)c5)c(C)o4)c3)oc2C)cc1C. The van der Waals surface area contributed by atoms with Gasteiger partial charge in [0.25, 0.3) is 0 Å². The van der Waals surface area contributed by atoms with Crippen molar-refractivity contribution in [3.63, 3.8) is 0 Å². The quantitative estimate of drug-likeness (QED) is 0.0791. The Bertz CT molecular complexity index is 1930. The highest BCUT2D eigenvalue weighted by atomic mass is 32.2. The van der Waals surface area contributed by atoms with Crippen LogP contribution < -0.4 is 9.47 Å². The molecule has 0 aliphatic heterocycles. The van der Waals surface area contributed by atoms with Gasteiger partial charge in [-0.2, -0.15) is 0 Å². The molecule has 49 heavy (non-hydrogen) atoms. The van der Waals surface area contributed by atoms with E-state index in [9.17, 15) is 9.59 Å². The number of thioether (sulfide) groups is 2. The predicted octanol–water partition coefficient (Wildman–Crippen LogP) is 7.92. The number of hydrogen-bond acceptors (Lipinski definition) is 11. The molecule has 10 nitrogen and oxygen atoms in total. The molecule has 0 saturated carbocycles. The molecule has 0 fully saturated rings. The number of carbonyl (C=O) groups excluding carboxylic acids is 1. The zero-order valence-corrected chi connectivity index (χ0v) is 29.7. The first-order chi connectivity index (χ1) is 23.6. The number of rotatable bonds is 16. The van der Waals surface area contributed by atoms with Crippen molar-refractivity contribution in [1.29, 1.82) is 0 Å². The van der Waals surface area contributed by atoms with Crippen molar-refractivity contribution in [3.8, 4) is 34.4 Å². The molecule has 0 spiro atoms. The normalized spacial score (nSPS) is 11.0. The van der Waals surface area contributed by atoms with Crippen LogP contribution in [-0.4, -0.2) is 58.8 Å². The van der Waals surface area contributed by atoms with Crippen molar-refractivity contribution in [2.75, 3.05) is 31.8 Å². The lowest BCUT2D eigenvalue weighted by Gasteiger charge is -2.09. The van der Waals surface area contributed by atoms with Gasteiger partial charge >= 0.3 is 11.9 Å². The van der Waals surface area contributed by atoms with E-state index < -0.39 is 11.9 Å². The minimum absolute atomic E-state index is 0.118. The Labute approximate surface area is 293 Å². The van der Waals surface area contributed by atoms with Gasteiger partial charge in [0.15, 0.2) is 13.2 Å². The van der Waals surface area contributed by atoms with E-state index in [1.807, 2.05) is 82.3 Å². The number of nitrogens with zero attached hydrogens (tertiary/aromatic N) is 2. The molecule has 3 aromatic carbocycles. The molecule has 12 heteroatoms. The standard InChI is InChI=1S/C37H38N2O8S2/c1-22-17-28(9-11-32(22)44-20-34(40)41)48-15-13-30-24(3)46-36(38-30)26-7-6-8-27(19-26)37-39-31(25(4)47-37)14-16-49-29-10-12-33(23(2)18-29)45-21-35(42)43-5/h6-12,17-19H,13-16,20-21H2,1-5H3,(H,40,41). The molecule has 0 bridgehead atoms. The second-order valence-electron chi connectivity index (χ2n) is 11.2. The smallest absolute Gasteiger partial charge is 0.343 e. The topological polar surface area (TPSA) is 134 Å². The molecule has 256 valence electrons. The molecule has 0 atom stereocenters. The van der Waals surface area contributed by atoms with Crippen LogP contribution in [0.4, 0.5) is 0 Å². The van der Waals surface area contributed by atoms with Crippen LogP contribution in [0.25, 0.3) is 22.9 Å². The number of aryl methyl sites for hydroxylation is 6. The van der Waals surface area contributed by atoms with Gasteiger partial charge in [0.1, 0.15) is 23.0 Å². The summed E-state index contributed by atoms with van der Waals surface area (Å²) in [6, 6.07) is 19.5. The summed E-state index contributed by atoms with van der Waals surface area (Å²) in [5.41, 5.74) is 5.33. The van der Waals surface area contributed by atoms with Gasteiger partial charge in [-0.1, -0.05) is 6.07 Å². The molecule has 0 aliphatic rings. The van der Waals surface area contributed by atoms with E-state index in [0.29, 0.717) is 23.3 Å². The van der Waals surface area contributed by atoms with Gasteiger partial charge in [0.05, 0.1) is 18.5 Å². The molecule has 0 amide bonds. The lowest BCUT2D eigenvalue weighted by molar-refractivity contribution is -0.143. The molecule has 2 heterocycles. The molecular weight excluding hydrogens is 665 g/mol. The van der Waals surface area contributed by atoms with Crippen LogP contribution in [0.5, 0.6) is 11.5 Å². The summed E-state index contributed by atoms with van der Waals surface area (Å²) >= 11 is 3.41. The number of carbonyl (C=O) groups is 2. The largest absolute Gasteiger partial charge is 0.482 e. The summed E-state index contributed by atoms with van der Waals surface area (Å²) in [5.74, 6) is 4.09. The zero-order chi connectivity index (χ0) is 34.9. The summed E-state index contributed by atoms with van der Waals surface area (Å²) in [5, 5.41) is 8.85. The van der Waals surface area contributed by atoms with Crippen molar-refractivity contribution in [2.24, 2.45) is 0 Å². The Morgan fingerprint density at radius 2 is 1.20 bits per heavy atom. The Hall–Kier alpha value is -4.68. The van der Waals surface area contributed by atoms with E-state index in [2.05, 4.69) is 4.74 Å². The van der Waals surface area contributed by atoms with Gasteiger partial charge in [-0.15, -0.1) is 23.5 Å². The summed E-state index contributed by atoms with van der Waals surface area (Å²) in [4.78, 5) is 34.0.